The summed E-state index contributed by atoms with van der Waals surface area (Å²) in [6.07, 6.45) is 2.51. The number of furan rings is 1. The topological polar surface area (TPSA) is 68.3 Å². The van der Waals surface area contributed by atoms with Gasteiger partial charge in [-0.25, -0.2) is 0 Å². The number of nitrogens with one attached hydrogen (secondary N) is 1. The molecule has 0 amide bonds. The van der Waals surface area contributed by atoms with Crippen LogP contribution in [0.2, 0.25) is 0 Å². The highest BCUT2D eigenvalue weighted by Crippen LogP contribution is 2.30. The molecule has 1 atom stereocenters. The van der Waals surface area contributed by atoms with E-state index in [4.69, 9.17) is 4.42 Å². The van der Waals surface area contributed by atoms with E-state index in [2.05, 4.69) is 12.2 Å². The second kappa shape index (κ2) is 5.77. The average molecular weight is 274 g/mol. The van der Waals surface area contributed by atoms with E-state index >= 15 is 0 Å². The minimum Gasteiger partial charge on any atom is -0.467 e. The standard InChI is InChI=1S/C15H18N2O3/c1-4-12(15-6-5-7-20-15)16-13-8-11(3)14(17(18)19)9-10(13)2/h5-9,12,16H,4H2,1-3H3. The van der Waals surface area contributed by atoms with Crippen molar-refractivity contribution in [3.8, 4) is 0 Å². The molecule has 0 saturated heterocycles. The van der Waals surface area contributed by atoms with Crippen LogP contribution in [-0.2, 0) is 0 Å². The Hall–Kier alpha value is -2.30. The monoisotopic (exact) mass is 274 g/mol. The number of nitrogens with zero attached hydrogens (tertiary/aromatic N) is 1. The van der Waals surface area contributed by atoms with Crippen LogP contribution in [0.1, 0.15) is 36.3 Å². The number of nitro groups is 1. The lowest BCUT2D eigenvalue weighted by molar-refractivity contribution is -0.385. The third kappa shape index (κ3) is 2.82. The van der Waals surface area contributed by atoms with Crippen molar-refractivity contribution in [3.05, 3.63) is 57.5 Å². The van der Waals surface area contributed by atoms with Gasteiger partial charge in [-0.3, -0.25) is 10.1 Å². The largest absolute Gasteiger partial charge is 0.467 e. The molecule has 0 radical (unpaired) electrons. The molecule has 2 rings (SSSR count). The van der Waals surface area contributed by atoms with E-state index in [-0.39, 0.29) is 16.7 Å². The molecule has 0 aliphatic heterocycles. The van der Waals surface area contributed by atoms with Crippen LogP contribution in [0.25, 0.3) is 0 Å². The van der Waals surface area contributed by atoms with Gasteiger partial charge in [0.15, 0.2) is 0 Å². The minimum absolute atomic E-state index is 0.0598. The van der Waals surface area contributed by atoms with Crippen molar-refractivity contribution in [3.63, 3.8) is 0 Å². The molecule has 1 aromatic heterocycles. The Labute approximate surface area is 117 Å². The number of rotatable bonds is 5. The number of nitro benzene ring substituents is 1. The maximum atomic E-state index is 10.9. The van der Waals surface area contributed by atoms with Gasteiger partial charge in [-0.15, -0.1) is 0 Å². The summed E-state index contributed by atoms with van der Waals surface area (Å²) in [5, 5.41) is 14.3. The molecule has 20 heavy (non-hydrogen) atoms. The molecular weight excluding hydrogens is 256 g/mol. The van der Waals surface area contributed by atoms with Crippen molar-refractivity contribution in [2.24, 2.45) is 0 Å². The first kappa shape index (κ1) is 14.1. The summed E-state index contributed by atoms with van der Waals surface area (Å²) in [5.74, 6) is 0.864. The molecule has 1 N–H and O–H groups in total. The second-order valence-electron chi connectivity index (χ2n) is 4.83. The SMILES string of the molecule is CCC(Nc1cc(C)c([N+](=O)[O-])cc1C)c1ccco1. The summed E-state index contributed by atoms with van der Waals surface area (Å²) in [5.41, 5.74) is 2.56. The zero-order chi connectivity index (χ0) is 14.7. The molecule has 106 valence electrons. The van der Waals surface area contributed by atoms with Gasteiger partial charge in [0.25, 0.3) is 5.69 Å². The van der Waals surface area contributed by atoms with Crippen LogP contribution in [0.15, 0.2) is 34.9 Å². The maximum absolute atomic E-state index is 10.9. The van der Waals surface area contributed by atoms with Gasteiger partial charge < -0.3 is 9.73 Å². The second-order valence-corrected chi connectivity index (χ2v) is 4.83. The quantitative estimate of drug-likeness (QED) is 0.649. The Balaban J connectivity index is 2.29. The summed E-state index contributed by atoms with van der Waals surface area (Å²) >= 11 is 0. The van der Waals surface area contributed by atoms with Gasteiger partial charge in [0.05, 0.1) is 17.2 Å². The van der Waals surface area contributed by atoms with Crippen molar-refractivity contribution >= 4 is 11.4 Å². The highest BCUT2D eigenvalue weighted by Gasteiger charge is 2.17. The Morgan fingerprint density at radius 1 is 1.35 bits per heavy atom. The first-order valence-electron chi connectivity index (χ1n) is 6.58. The van der Waals surface area contributed by atoms with E-state index in [0.29, 0.717) is 5.56 Å². The Morgan fingerprint density at radius 3 is 2.65 bits per heavy atom. The zero-order valence-electron chi connectivity index (χ0n) is 11.8. The fraction of sp³-hybridized carbons (Fsp3) is 0.333. The Kier molecular flexibility index (Phi) is 4.08. The zero-order valence-corrected chi connectivity index (χ0v) is 11.8. The lowest BCUT2D eigenvalue weighted by Gasteiger charge is -2.18. The highest BCUT2D eigenvalue weighted by molar-refractivity contribution is 5.59. The van der Waals surface area contributed by atoms with E-state index in [0.717, 1.165) is 23.4 Å². The third-order valence-electron chi connectivity index (χ3n) is 3.36. The molecule has 5 nitrogen and oxygen atoms in total. The third-order valence-corrected chi connectivity index (χ3v) is 3.36. The summed E-state index contributed by atoms with van der Waals surface area (Å²) in [6, 6.07) is 7.26. The van der Waals surface area contributed by atoms with Crippen LogP contribution >= 0.6 is 0 Å². The number of benzene rings is 1. The molecular formula is C15H18N2O3. The fourth-order valence-electron chi connectivity index (χ4n) is 2.20. The van der Waals surface area contributed by atoms with Crippen molar-refractivity contribution in [2.45, 2.75) is 33.2 Å². The van der Waals surface area contributed by atoms with E-state index in [1.807, 2.05) is 25.1 Å². The van der Waals surface area contributed by atoms with E-state index in [1.54, 1.807) is 19.3 Å². The minimum atomic E-state index is -0.351. The van der Waals surface area contributed by atoms with Crippen molar-refractivity contribution < 1.29 is 9.34 Å². The molecule has 1 aromatic carbocycles. The number of aryl methyl sites for hydroxylation is 2. The van der Waals surface area contributed by atoms with Crippen LogP contribution < -0.4 is 5.32 Å². The fourth-order valence-corrected chi connectivity index (χ4v) is 2.20. The van der Waals surface area contributed by atoms with E-state index in [9.17, 15) is 10.1 Å². The van der Waals surface area contributed by atoms with Gasteiger partial charge in [-0.05, 0) is 44.0 Å². The summed E-state index contributed by atoms with van der Waals surface area (Å²) in [6.45, 7) is 5.67. The molecule has 0 saturated carbocycles. The number of anilines is 1. The first-order valence-corrected chi connectivity index (χ1v) is 6.58. The van der Waals surface area contributed by atoms with E-state index in [1.165, 1.54) is 0 Å². The normalized spacial score (nSPS) is 12.2. The lowest BCUT2D eigenvalue weighted by Crippen LogP contribution is -2.10. The molecule has 1 unspecified atom stereocenters. The van der Waals surface area contributed by atoms with Gasteiger partial charge in [0.1, 0.15) is 5.76 Å². The van der Waals surface area contributed by atoms with Gasteiger partial charge >= 0.3 is 0 Å². The van der Waals surface area contributed by atoms with Crippen LogP contribution in [-0.4, -0.2) is 4.92 Å². The smallest absolute Gasteiger partial charge is 0.272 e. The predicted molar refractivity (Wildman–Crippen MR) is 77.9 cm³/mol. The van der Waals surface area contributed by atoms with Crippen LogP contribution in [0.4, 0.5) is 11.4 Å². The summed E-state index contributed by atoms with van der Waals surface area (Å²) < 4.78 is 5.42. The first-order chi connectivity index (χ1) is 9.52. The highest BCUT2D eigenvalue weighted by atomic mass is 16.6. The molecule has 0 aliphatic carbocycles. The molecule has 0 aliphatic rings. The summed E-state index contributed by atoms with van der Waals surface area (Å²) in [7, 11) is 0. The number of hydrogen-bond acceptors (Lipinski definition) is 4. The molecule has 2 aromatic rings. The van der Waals surface area contributed by atoms with Gasteiger partial charge in [0.2, 0.25) is 0 Å². The van der Waals surface area contributed by atoms with Crippen molar-refractivity contribution in [1.29, 1.82) is 0 Å². The van der Waals surface area contributed by atoms with Crippen molar-refractivity contribution in [2.75, 3.05) is 5.32 Å². The Bertz CT molecular complexity index is 606. The lowest BCUT2D eigenvalue weighted by atomic mass is 10.1. The molecule has 5 heteroatoms. The van der Waals surface area contributed by atoms with Gasteiger partial charge in [-0.1, -0.05) is 6.92 Å². The molecule has 0 bridgehead atoms. The Morgan fingerprint density at radius 2 is 2.10 bits per heavy atom. The van der Waals surface area contributed by atoms with Gasteiger partial charge in [0, 0.05) is 17.3 Å². The summed E-state index contributed by atoms with van der Waals surface area (Å²) in [4.78, 5) is 10.6. The molecule has 0 spiro atoms. The number of hydrogen-bond donors (Lipinski definition) is 1. The van der Waals surface area contributed by atoms with Crippen molar-refractivity contribution in [1.82, 2.24) is 0 Å². The van der Waals surface area contributed by atoms with Crippen LogP contribution in [0.3, 0.4) is 0 Å². The van der Waals surface area contributed by atoms with Crippen LogP contribution in [0.5, 0.6) is 0 Å². The average Bonchev–Trinajstić information content (AvgIpc) is 2.92. The molecule has 0 fully saturated rings. The van der Waals surface area contributed by atoms with E-state index < -0.39 is 0 Å². The maximum Gasteiger partial charge on any atom is 0.272 e. The predicted octanol–water partition coefficient (Wildman–Crippen LogP) is 4.37. The van der Waals surface area contributed by atoms with Crippen LogP contribution in [0, 0.1) is 24.0 Å². The molecule has 1 heterocycles. The van der Waals surface area contributed by atoms with Gasteiger partial charge in [-0.2, -0.15) is 0 Å².